The highest BCUT2D eigenvalue weighted by molar-refractivity contribution is 5.89. The number of hydrogen-bond donors (Lipinski definition) is 0. The van der Waals surface area contributed by atoms with Crippen LogP contribution >= 0.6 is 0 Å². The van der Waals surface area contributed by atoms with Gasteiger partial charge in [-0.2, -0.15) is 8.78 Å². The summed E-state index contributed by atoms with van der Waals surface area (Å²) in [6.45, 7) is 1.59. The summed E-state index contributed by atoms with van der Waals surface area (Å²) in [5.74, 6) is -1.44. The lowest BCUT2D eigenvalue weighted by molar-refractivity contribution is -0.146. The largest absolute Gasteiger partial charge is 0.328 e. The summed E-state index contributed by atoms with van der Waals surface area (Å²) in [5, 5.41) is 0. The number of ketones is 1. The van der Waals surface area contributed by atoms with E-state index in [9.17, 15) is 18.4 Å². The Morgan fingerprint density at radius 3 is 2.54 bits per heavy atom. The van der Waals surface area contributed by atoms with Crippen molar-refractivity contribution in [2.24, 2.45) is 0 Å². The number of rotatable bonds is 2. The maximum Gasteiger partial charge on any atom is 0.315 e. The Balaban J connectivity index is 2.68. The molecule has 0 aromatic rings. The minimum atomic E-state index is -3.00. The monoisotopic (exact) mass is 191 g/mol. The van der Waals surface area contributed by atoms with Crippen molar-refractivity contribution in [1.29, 1.82) is 0 Å². The molecular weight excluding hydrogens is 180 g/mol. The molecular formula is C8H11F2NO2. The van der Waals surface area contributed by atoms with Crippen LogP contribution in [0.2, 0.25) is 0 Å². The van der Waals surface area contributed by atoms with Crippen LogP contribution in [0.15, 0.2) is 0 Å². The van der Waals surface area contributed by atoms with Gasteiger partial charge < -0.3 is 4.90 Å². The van der Waals surface area contributed by atoms with Gasteiger partial charge in [-0.25, -0.2) is 0 Å². The van der Waals surface area contributed by atoms with Crippen molar-refractivity contribution in [3.63, 3.8) is 0 Å². The predicted molar refractivity (Wildman–Crippen MR) is 41.4 cm³/mol. The lowest BCUT2D eigenvalue weighted by Crippen LogP contribution is -2.42. The minimum absolute atomic E-state index is 0.216. The second kappa shape index (κ2) is 3.81. The first-order valence-electron chi connectivity index (χ1n) is 4.13. The third kappa shape index (κ3) is 2.02. The van der Waals surface area contributed by atoms with E-state index in [1.54, 1.807) is 0 Å². The molecule has 1 amide bonds. The Hall–Kier alpha value is -1.00. The van der Waals surface area contributed by atoms with Crippen molar-refractivity contribution in [1.82, 2.24) is 4.90 Å². The van der Waals surface area contributed by atoms with Gasteiger partial charge in [0.25, 0.3) is 5.91 Å². The zero-order valence-corrected chi connectivity index (χ0v) is 7.30. The van der Waals surface area contributed by atoms with Gasteiger partial charge in [-0.1, -0.05) is 0 Å². The van der Waals surface area contributed by atoms with Crippen LogP contribution in [0.5, 0.6) is 0 Å². The lowest BCUT2D eigenvalue weighted by Gasteiger charge is -2.21. The summed E-state index contributed by atoms with van der Waals surface area (Å²) in [6.07, 6.45) is -1.86. The number of hydrogen-bond acceptors (Lipinski definition) is 2. The number of carbonyl (C=O) groups excluding carboxylic acids is 2. The van der Waals surface area contributed by atoms with Gasteiger partial charge in [0, 0.05) is 6.54 Å². The quantitative estimate of drug-likeness (QED) is 0.648. The van der Waals surface area contributed by atoms with E-state index >= 15 is 0 Å². The predicted octanol–water partition coefficient (Wildman–Crippen LogP) is 0.831. The Bertz CT molecular complexity index is 230. The van der Waals surface area contributed by atoms with Crippen molar-refractivity contribution < 1.29 is 18.4 Å². The first-order valence-corrected chi connectivity index (χ1v) is 4.13. The van der Waals surface area contributed by atoms with Crippen molar-refractivity contribution in [3.8, 4) is 0 Å². The van der Waals surface area contributed by atoms with Crippen LogP contribution in [0.3, 0.4) is 0 Å². The van der Waals surface area contributed by atoms with Crippen molar-refractivity contribution in [2.75, 3.05) is 6.54 Å². The van der Waals surface area contributed by atoms with Gasteiger partial charge in [-0.3, -0.25) is 9.59 Å². The molecule has 0 unspecified atom stereocenters. The maximum absolute atomic E-state index is 12.0. The van der Waals surface area contributed by atoms with Gasteiger partial charge >= 0.3 is 6.43 Å². The van der Waals surface area contributed by atoms with Gasteiger partial charge in [0.15, 0.2) is 5.78 Å². The van der Waals surface area contributed by atoms with Crippen molar-refractivity contribution in [2.45, 2.75) is 32.2 Å². The SMILES string of the molecule is CC(=O)[C@@H]1CCCN1C(=O)C(F)F. The zero-order valence-electron chi connectivity index (χ0n) is 7.30. The first kappa shape index (κ1) is 10.1. The van der Waals surface area contributed by atoms with Crippen LogP contribution in [0.25, 0.3) is 0 Å². The smallest absolute Gasteiger partial charge is 0.315 e. The standard InChI is InChI=1S/C8H11F2NO2/c1-5(12)6-3-2-4-11(6)8(13)7(9)10/h6-7H,2-4H2,1H3/t6-/m0/s1. The molecule has 1 fully saturated rings. The molecule has 1 aliphatic heterocycles. The molecule has 5 heteroatoms. The molecule has 3 nitrogen and oxygen atoms in total. The molecule has 0 bridgehead atoms. The second-order valence-electron chi connectivity index (χ2n) is 3.10. The first-order chi connectivity index (χ1) is 6.04. The van der Waals surface area contributed by atoms with Crippen LogP contribution in [-0.2, 0) is 9.59 Å². The Labute approximate surface area is 74.7 Å². The summed E-state index contributed by atoms with van der Waals surface area (Å²) in [6, 6.07) is -0.624. The molecule has 1 aliphatic rings. The van der Waals surface area contributed by atoms with Gasteiger partial charge in [0.05, 0.1) is 6.04 Å². The lowest BCUT2D eigenvalue weighted by atomic mass is 10.1. The van der Waals surface area contributed by atoms with Crippen molar-refractivity contribution in [3.05, 3.63) is 0 Å². The van der Waals surface area contributed by atoms with Crippen LogP contribution in [-0.4, -0.2) is 35.6 Å². The Kier molecular flexibility index (Phi) is 2.95. The third-order valence-electron chi connectivity index (χ3n) is 2.19. The number of Topliss-reactive ketones (excluding diaryl/α,β-unsaturated/α-hetero) is 1. The second-order valence-corrected chi connectivity index (χ2v) is 3.10. The van der Waals surface area contributed by atoms with E-state index < -0.39 is 18.4 Å². The molecule has 0 radical (unpaired) electrons. The normalized spacial score (nSPS) is 22.5. The van der Waals surface area contributed by atoms with Gasteiger partial charge in [-0.05, 0) is 19.8 Å². The molecule has 0 N–H and O–H groups in total. The summed E-state index contributed by atoms with van der Waals surface area (Å²) in [4.78, 5) is 22.8. The van der Waals surface area contributed by atoms with Crippen molar-refractivity contribution >= 4 is 11.7 Å². The van der Waals surface area contributed by atoms with E-state index in [0.29, 0.717) is 12.8 Å². The molecule has 1 saturated heterocycles. The van der Waals surface area contributed by atoms with E-state index in [2.05, 4.69) is 0 Å². The molecule has 1 atom stereocenters. The molecule has 0 aromatic carbocycles. The summed E-state index contributed by atoms with van der Waals surface area (Å²) < 4.78 is 24.0. The van der Waals surface area contributed by atoms with E-state index in [1.165, 1.54) is 6.92 Å². The average molecular weight is 191 g/mol. The highest BCUT2D eigenvalue weighted by Gasteiger charge is 2.35. The Morgan fingerprint density at radius 2 is 2.08 bits per heavy atom. The van der Waals surface area contributed by atoms with Crippen LogP contribution in [0, 0.1) is 0 Å². The maximum atomic E-state index is 12.0. The van der Waals surface area contributed by atoms with E-state index in [-0.39, 0.29) is 12.3 Å². The number of alkyl halides is 2. The fourth-order valence-electron chi connectivity index (χ4n) is 1.58. The van der Waals surface area contributed by atoms with Crippen LogP contribution < -0.4 is 0 Å². The highest BCUT2D eigenvalue weighted by atomic mass is 19.3. The van der Waals surface area contributed by atoms with Gasteiger partial charge in [-0.15, -0.1) is 0 Å². The number of likely N-dealkylation sites (tertiary alicyclic amines) is 1. The molecule has 1 heterocycles. The summed E-state index contributed by atoms with van der Waals surface area (Å²) in [7, 11) is 0. The fourth-order valence-corrected chi connectivity index (χ4v) is 1.58. The molecule has 74 valence electrons. The number of nitrogens with zero attached hydrogens (tertiary/aromatic N) is 1. The van der Waals surface area contributed by atoms with E-state index in [1.807, 2.05) is 0 Å². The molecule has 0 spiro atoms. The Morgan fingerprint density at radius 1 is 1.46 bits per heavy atom. The molecule has 1 rings (SSSR count). The molecule has 0 saturated carbocycles. The van der Waals surface area contributed by atoms with Crippen LogP contribution in [0.1, 0.15) is 19.8 Å². The fraction of sp³-hybridized carbons (Fsp3) is 0.750. The van der Waals surface area contributed by atoms with Gasteiger partial charge in [0.1, 0.15) is 0 Å². The van der Waals surface area contributed by atoms with E-state index in [4.69, 9.17) is 0 Å². The highest BCUT2D eigenvalue weighted by Crippen LogP contribution is 2.19. The molecule has 13 heavy (non-hydrogen) atoms. The molecule has 0 aliphatic carbocycles. The summed E-state index contributed by atoms with van der Waals surface area (Å²) >= 11 is 0. The van der Waals surface area contributed by atoms with Gasteiger partial charge in [0.2, 0.25) is 0 Å². The van der Waals surface area contributed by atoms with Crippen LogP contribution in [0.4, 0.5) is 8.78 Å². The number of carbonyl (C=O) groups is 2. The van der Waals surface area contributed by atoms with E-state index in [0.717, 1.165) is 4.90 Å². The molecule has 0 aromatic heterocycles. The number of halogens is 2. The zero-order chi connectivity index (χ0) is 10.0. The third-order valence-corrected chi connectivity index (χ3v) is 2.19. The summed E-state index contributed by atoms with van der Waals surface area (Å²) in [5.41, 5.74) is 0. The minimum Gasteiger partial charge on any atom is -0.328 e. The topological polar surface area (TPSA) is 37.4 Å². The average Bonchev–Trinajstić information content (AvgIpc) is 2.50. The number of amides is 1.